The van der Waals surface area contributed by atoms with Crippen molar-refractivity contribution in [3.63, 3.8) is 0 Å². The Bertz CT molecular complexity index is 1120. The van der Waals surface area contributed by atoms with Crippen molar-refractivity contribution >= 4 is 32.8 Å². The molecule has 0 radical (unpaired) electrons. The van der Waals surface area contributed by atoms with E-state index in [0.29, 0.717) is 5.56 Å². The standard InChI is InChI=1S/C20H21N3O5S/c1-23(2)29(26,27)18-10-6-4-8-15(18)12-21-19(24)13-28-20(25)17-11-14-7-3-5-9-16(14)22-17/h3-11,22H,12-13H2,1-2H3,(H,21,24). The number of hydrogen-bond acceptors (Lipinski definition) is 5. The van der Waals surface area contributed by atoms with Crippen molar-refractivity contribution in [2.24, 2.45) is 0 Å². The number of carbonyl (C=O) groups is 2. The lowest BCUT2D eigenvalue weighted by molar-refractivity contribution is -0.124. The molecule has 152 valence electrons. The number of aromatic nitrogens is 1. The number of nitrogens with zero attached hydrogens (tertiary/aromatic N) is 1. The number of para-hydroxylation sites is 1. The van der Waals surface area contributed by atoms with Crippen molar-refractivity contribution in [3.8, 4) is 0 Å². The average molecular weight is 415 g/mol. The zero-order valence-electron chi connectivity index (χ0n) is 16.0. The fraction of sp³-hybridized carbons (Fsp3) is 0.200. The first-order valence-electron chi connectivity index (χ1n) is 8.81. The van der Waals surface area contributed by atoms with Crippen LogP contribution in [0.15, 0.2) is 59.5 Å². The molecule has 9 heteroatoms. The fourth-order valence-corrected chi connectivity index (χ4v) is 3.85. The van der Waals surface area contributed by atoms with E-state index in [1.807, 2.05) is 24.3 Å². The number of fused-ring (bicyclic) bond motifs is 1. The largest absolute Gasteiger partial charge is 0.451 e. The van der Waals surface area contributed by atoms with E-state index in [0.717, 1.165) is 15.2 Å². The molecule has 29 heavy (non-hydrogen) atoms. The van der Waals surface area contributed by atoms with E-state index in [4.69, 9.17) is 4.74 Å². The van der Waals surface area contributed by atoms with Gasteiger partial charge in [-0.3, -0.25) is 4.79 Å². The number of nitrogens with one attached hydrogen (secondary N) is 2. The second kappa shape index (κ2) is 8.46. The number of rotatable bonds is 7. The molecule has 0 spiro atoms. The minimum atomic E-state index is -3.64. The number of benzene rings is 2. The molecule has 0 fully saturated rings. The number of carbonyl (C=O) groups excluding carboxylic acids is 2. The summed E-state index contributed by atoms with van der Waals surface area (Å²) in [5.41, 5.74) is 1.49. The number of sulfonamides is 1. The number of esters is 1. The van der Waals surface area contributed by atoms with Gasteiger partial charge in [0.05, 0.1) is 4.90 Å². The maximum Gasteiger partial charge on any atom is 0.355 e. The molecule has 3 rings (SSSR count). The van der Waals surface area contributed by atoms with Crippen LogP contribution in [0.4, 0.5) is 0 Å². The van der Waals surface area contributed by atoms with Crippen LogP contribution in [-0.4, -0.2) is 50.3 Å². The van der Waals surface area contributed by atoms with Crippen LogP contribution in [0, 0.1) is 0 Å². The quantitative estimate of drug-likeness (QED) is 0.573. The van der Waals surface area contributed by atoms with Crippen LogP contribution < -0.4 is 5.32 Å². The molecule has 3 aromatic rings. The predicted molar refractivity (Wildman–Crippen MR) is 108 cm³/mol. The van der Waals surface area contributed by atoms with E-state index in [1.54, 1.807) is 24.3 Å². The molecule has 0 saturated heterocycles. The second-order valence-corrected chi connectivity index (χ2v) is 8.64. The third-order valence-corrected chi connectivity index (χ3v) is 6.21. The maximum absolute atomic E-state index is 12.4. The van der Waals surface area contributed by atoms with Gasteiger partial charge in [-0.25, -0.2) is 17.5 Å². The van der Waals surface area contributed by atoms with Gasteiger partial charge in [0.2, 0.25) is 10.0 Å². The number of H-pyrrole nitrogens is 1. The summed E-state index contributed by atoms with van der Waals surface area (Å²) in [5, 5.41) is 3.44. The van der Waals surface area contributed by atoms with E-state index in [9.17, 15) is 18.0 Å². The van der Waals surface area contributed by atoms with Crippen molar-refractivity contribution in [1.29, 1.82) is 0 Å². The highest BCUT2D eigenvalue weighted by molar-refractivity contribution is 7.89. The van der Waals surface area contributed by atoms with Crippen molar-refractivity contribution in [1.82, 2.24) is 14.6 Å². The van der Waals surface area contributed by atoms with Gasteiger partial charge in [-0.15, -0.1) is 0 Å². The van der Waals surface area contributed by atoms with Crippen LogP contribution in [0.1, 0.15) is 16.1 Å². The molecule has 0 bridgehead atoms. The normalized spacial score (nSPS) is 11.6. The third kappa shape index (κ3) is 4.64. The topological polar surface area (TPSA) is 109 Å². The van der Waals surface area contributed by atoms with Crippen LogP contribution in [0.5, 0.6) is 0 Å². The Morgan fingerprint density at radius 3 is 2.48 bits per heavy atom. The summed E-state index contributed by atoms with van der Waals surface area (Å²) in [6.45, 7) is -0.483. The molecule has 0 unspecified atom stereocenters. The highest BCUT2D eigenvalue weighted by Gasteiger charge is 2.21. The van der Waals surface area contributed by atoms with Crippen molar-refractivity contribution in [2.75, 3.05) is 20.7 Å². The molecule has 8 nitrogen and oxygen atoms in total. The summed E-state index contributed by atoms with van der Waals surface area (Å²) in [7, 11) is -0.760. The highest BCUT2D eigenvalue weighted by Crippen LogP contribution is 2.18. The molecule has 0 aliphatic rings. The van der Waals surface area contributed by atoms with Gasteiger partial charge in [-0.05, 0) is 23.8 Å². The molecular weight excluding hydrogens is 394 g/mol. The smallest absolute Gasteiger partial charge is 0.355 e. The predicted octanol–water partition coefficient (Wildman–Crippen LogP) is 1.89. The second-order valence-electron chi connectivity index (χ2n) is 6.52. The number of aromatic amines is 1. The van der Waals surface area contributed by atoms with Gasteiger partial charge < -0.3 is 15.0 Å². The minimum Gasteiger partial charge on any atom is -0.451 e. The summed E-state index contributed by atoms with van der Waals surface area (Å²) in [5.74, 6) is -1.18. The fourth-order valence-electron chi connectivity index (χ4n) is 2.74. The molecule has 0 aliphatic carbocycles. The van der Waals surface area contributed by atoms with E-state index in [1.165, 1.54) is 20.2 Å². The van der Waals surface area contributed by atoms with E-state index >= 15 is 0 Å². The molecular formula is C20H21N3O5S. The Kier molecular flexibility index (Phi) is 6.00. The summed E-state index contributed by atoms with van der Waals surface area (Å²) in [4.78, 5) is 27.2. The van der Waals surface area contributed by atoms with Crippen molar-refractivity contribution < 1.29 is 22.7 Å². The summed E-state index contributed by atoms with van der Waals surface area (Å²) in [6, 6.07) is 15.4. The molecule has 2 aromatic carbocycles. The Labute approximate surface area is 168 Å². The van der Waals surface area contributed by atoms with Gasteiger partial charge in [-0.2, -0.15) is 0 Å². The van der Waals surface area contributed by atoms with Gasteiger partial charge in [0.15, 0.2) is 6.61 Å². The van der Waals surface area contributed by atoms with Crippen LogP contribution >= 0.6 is 0 Å². The molecule has 0 atom stereocenters. The maximum atomic E-state index is 12.4. The van der Waals surface area contributed by atoms with Crippen LogP contribution in [0.25, 0.3) is 10.9 Å². The third-order valence-electron chi connectivity index (χ3n) is 4.29. The molecule has 2 N–H and O–H groups in total. The summed E-state index contributed by atoms with van der Waals surface area (Å²) in [6.07, 6.45) is 0. The molecule has 1 aromatic heterocycles. The average Bonchev–Trinajstić information content (AvgIpc) is 3.15. The zero-order chi connectivity index (χ0) is 21.0. The van der Waals surface area contributed by atoms with Crippen LogP contribution in [-0.2, 0) is 26.1 Å². The van der Waals surface area contributed by atoms with E-state index in [2.05, 4.69) is 10.3 Å². The first-order chi connectivity index (χ1) is 13.8. The highest BCUT2D eigenvalue weighted by atomic mass is 32.2. The Morgan fingerprint density at radius 2 is 1.76 bits per heavy atom. The van der Waals surface area contributed by atoms with Crippen molar-refractivity contribution in [2.45, 2.75) is 11.4 Å². The van der Waals surface area contributed by atoms with Gasteiger partial charge >= 0.3 is 5.97 Å². The number of ether oxygens (including phenoxy) is 1. The molecule has 1 amide bonds. The van der Waals surface area contributed by atoms with Gasteiger partial charge in [0.1, 0.15) is 5.69 Å². The first kappa shape index (κ1) is 20.6. The molecule has 1 heterocycles. The Balaban J connectivity index is 1.59. The lowest BCUT2D eigenvalue weighted by atomic mass is 10.2. The van der Waals surface area contributed by atoms with E-state index in [-0.39, 0.29) is 17.1 Å². The molecule has 0 saturated carbocycles. The lowest BCUT2D eigenvalue weighted by Gasteiger charge is -2.15. The monoisotopic (exact) mass is 415 g/mol. The SMILES string of the molecule is CN(C)S(=O)(=O)c1ccccc1CNC(=O)COC(=O)c1cc2ccccc2[nH]1. The number of amides is 1. The van der Waals surface area contributed by atoms with Gasteiger partial charge in [0.25, 0.3) is 5.91 Å². The van der Waals surface area contributed by atoms with Gasteiger partial charge in [-0.1, -0.05) is 36.4 Å². The van der Waals surface area contributed by atoms with Crippen molar-refractivity contribution in [3.05, 3.63) is 65.9 Å². The van der Waals surface area contributed by atoms with E-state index < -0.39 is 28.5 Å². The Morgan fingerprint density at radius 1 is 1.07 bits per heavy atom. The Hall–Kier alpha value is -3.17. The van der Waals surface area contributed by atoms with Crippen LogP contribution in [0.2, 0.25) is 0 Å². The summed E-state index contributed by atoms with van der Waals surface area (Å²) >= 11 is 0. The summed E-state index contributed by atoms with van der Waals surface area (Å²) < 4.78 is 30.9. The van der Waals surface area contributed by atoms with Gasteiger partial charge in [0, 0.05) is 31.5 Å². The molecule has 0 aliphatic heterocycles. The van der Waals surface area contributed by atoms with Crippen LogP contribution in [0.3, 0.4) is 0 Å². The first-order valence-corrected chi connectivity index (χ1v) is 10.2. The zero-order valence-corrected chi connectivity index (χ0v) is 16.8. The number of hydrogen-bond donors (Lipinski definition) is 2. The minimum absolute atomic E-state index is 0.00792. The lowest BCUT2D eigenvalue weighted by Crippen LogP contribution is -2.30.